The molecule has 18 heavy (non-hydrogen) atoms. The van der Waals surface area contributed by atoms with E-state index in [1.807, 2.05) is 0 Å². The van der Waals surface area contributed by atoms with Crippen LogP contribution in [0.25, 0.3) is 0 Å². The fraction of sp³-hybridized carbons (Fsp3) is 0.583. The first-order chi connectivity index (χ1) is 8.51. The van der Waals surface area contributed by atoms with Crippen LogP contribution in [0, 0.1) is 6.92 Å². The van der Waals surface area contributed by atoms with Crippen LogP contribution in [0.15, 0.2) is 10.6 Å². The number of nitrogens with zero attached hydrogens (tertiary/aromatic N) is 2. The number of aromatic nitrogens is 1. The van der Waals surface area contributed by atoms with Crippen LogP contribution in [-0.2, 0) is 4.79 Å². The molecule has 0 aromatic carbocycles. The number of hydrogen-bond acceptors (Lipinski definition) is 4. The van der Waals surface area contributed by atoms with Gasteiger partial charge in [-0.15, -0.1) is 0 Å². The first-order valence-corrected chi connectivity index (χ1v) is 6.00. The summed E-state index contributed by atoms with van der Waals surface area (Å²) in [5.41, 5.74) is -0.919. The van der Waals surface area contributed by atoms with E-state index in [0.717, 1.165) is 0 Å². The number of carboxylic acid groups (broad SMARTS) is 1. The summed E-state index contributed by atoms with van der Waals surface area (Å²) < 4.78 is 4.86. The summed E-state index contributed by atoms with van der Waals surface area (Å²) in [7, 11) is 0. The van der Waals surface area contributed by atoms with Crippen molar-refractivity contribution in [1.82, 2.24) is 10.1 Å². The third-order valence-corrected chi connectivity index (χ3v) is 3.56. The third kappa shape index (κ3) is 1.77. The summed E-state index contributed by atoms with van der Waals surface area (Å²) in [6, 6.07) is 1.53. The summed E-state index contributed by atoms with van der Waals surface area (Å²) in [6.07, 6.45) is 1.58. The van der Waals surface area contributed by atoms with Crippen molar-refractivity contribution in [1.29, 1.82) is 0 Å². The molecule has 1 aliphatic rings. The molecule has 1 unspecified atom stereocenters. The molecule has 0 aliphatic carbocycles. The van der Waals surface area contributed by atoms with Crippen molar-refractivity contribution in [3.63, 3.8) is 0 Å². The highest BCUT2D eigenvalue weighted by atomic mass is 16.5. The monoisotopic (exact) mass is 252 g/mol. The van der Waals surface area contributed by atoms with Gasteiger partial charge in [-0.3, -0.25) is 4.79 Å². The van der Waals surface area contributed by atoms with Gasteiger partial charge >= 0.3 is 5.97 Å². The largest absolute Gasteiger partial charge is 0.479 e. The number of aliphatic carboxylic acids is 1. The Labute approximate surface area is 105 Å². The van der Waals surface area contributed by atoms with Gasteiger partial charge in [0, 0.05) is 12.6 Å². The predicted octanol–water partition coefficient (Wildman–Crippen LogP) is 1.45. The second-order valence-corrected chi connectivity index (χ2v) is 4.57. The molecule has 2 heterocycles. The molecule has 6 heteroatoms. The smallest absolute Gasteiger partial charge is 0.329 e. The fourth-order valence-electron chi connectivity index (χ4n) is 2.52. The van der Waals surface area contributed by atoms with E-state index in [-0.39, 0.29) is 11.6 Å². The van der Waals surface area contributed by atoms with Gasteiger partial charge in [0.15, 0.2) is 5.69 Å². The lowest BCUT2D eigenvalue weighted by Gasteiger charge is -2.33. The normalized spacial score (nSPS) is 23.3. The van der Waals surface area contributed by atoms with Crippen LogP contribution in [0.1, 0.15) is 42.4 Å². The predicted molar refractivity (Wildman–Crippen MR) is 62.2 cm³/mol. The lowest BCUT2D eigenvalue weighted by Crippen LogP contribution is -2.52. The van der Waals surface area contributed by atoms with Gasteiger partial charge in [-0.05, 0) is 26.2 Å². The molecule has 0 saturated carbocycles. The molecule has 0 spiro atoms. The molecule has 1 fully saturated rings. The van der Waals surface area contributed by atoms with Crippen LogP contribution in [0.3, 0.4) is 0 Å². The minimum atomic E-state index is -1.09. The molecule has 1 atom stereocenters. The van der Waals surface area contributed by atoms with Crippen molar-refractivity contribution in [3.8, 4) is 0 Å². The van der Waals surface area contributed by atoms with Gasteiger partial charge in [0.1, 0.15) is 11.3 Å². The Balaban J connectivity index is 2.32. The molecular weight excluding hydrogens is 236 g/mol. The van der Waals surface area contributed by atoms with Gasteiger partial charge in [-0.2, -0.15) is 0 Å². The van der Waals surface area contributed by atoms with Crippen molar-refractivity contribution in [3.05, 3.63) is 17.5 Å². The average Bonchev–Trinajstić information content (AvgIpc) is 2.94. The van der Waals surface area contributed by atoms with E-state index >= 15 is 0 Å². The topological polar surface area (TPSA) is 83.6 Å². The molecule has 1 amide bonds. The van der Waals surface area contributed by atoms with Crippen molar-refractivity contribution in [2.24, 2.45) is 0 Å². The van der Waals surface area contributed by atoms with Crippen LogP contribution in [0.2, 0.25) is 0 Å². The van der Waals surface area contributed by atoms with Crippen LogP contribution in [0.5, 0.6) is 0 Å². The molecule has 98 valence electrons. The van der Waals surface area contributed by atoms with E-state index in [2.05, 4.69) is 5.16 Å². The SMILES string of the molecule is CCC1(C(=O)O)CCCN1C(=O)c1cc(C)on1. The highest BCUT2D eigenvalue weighted by molar-refractivity contribution is 5.96. The standard InChI is InChI=1S/C12H16N2O4/c1-3-12(11(16)17)5-4-6-14(12)10(15)9-7-8(2)18-13-9/h7H,3-6H2,1-2H3,(H,16,17). The lowest BCUT2D eigenvalue weighted by atomic mass is 9.93. The molecular formula is C12H16N2O4. The Bertz CT molecular complexity index is 482. The molecule has 6 nitrogen and oxygen atoms in total. The lowest BCUT2D eigenvalue weighted by molar-refractivity contribution is -0.148. The molecule has 0 radical (unpaired) electrons. The van der Waals surface area contributed by atoms with Gasteiger partial charge in [-0.25, -0.2) is 4.79 Å². The Morgan fingerprint density at radius 2 is 2.33 bits per heavy atom. The molecule has 1 aromatic heterocycles. The number of carboxylic acids is 1. The summed E-state index contributed by atoms with van der Waals surface area (Å²) >= 11 is 0. The second kappa shape index (κ2) is 4.44. The van der Waals surface area contributed by atoms with Crippen molar-refractivity contribution < 1.29 is 19.2 Å². The molecule has 1 N–H and O–H groups in total. The van der Waals surface area contributed by atoms with E-state index in [0.29, 0.717) is 31.6 Å². The summed E-state index contributed by atoms with van der Waals surface area (Å²) in [6.45, 7) is 3.93. The first-order valence-electron chi connectivity index (χ1n) is 6.00. The van der Waals surface area contributed by atoms with Crippen LogP contribution in [0.4, 0.5) is 0 Å². The number of likely N-dealkylation sites (tertiary alicyclic amines) is 1. The van der Waals surface area contributed by atoms with E-state index in [1.54, 1.807) is 13.8 Å². The van der Waals surface area contributed by atoms with Crippen molar-refractivity contribution in [2.75, 3.05) is 6.54 Å². The number of hydrogen-bond donors (Lipinski definition) is 1. The summed E-state index contributed by atoms with van der Waals surface area (Å²) in [4.78, 5) is 25.2. The Morgan fingerprint density at radius 3 is 2.83 bits per heavy atom. The third-order valence-electron chi connectivity index (χ3n) is 3.56. The molecule has 1 aromatic rings. The maximum atomic E-state index is 12.3. The minimum absolute atomic E-state index is 0.175. The summed E-state index contributed by atoms with van der Waals surface area (Å²) in [5, 5.41) is 13.1. The number of aryl methyl sites for hydroxylation is 1. The van der Waals surface area contributed by atoms with E-state index in [1.165, 1.54) is 11.0 Å². The van der Waals surface area contributed by atoms with Crippen LogP contribution in [-0.4, -0.2) is 39.1 Å². The van der Waals surface area contributed by atoms with Crippen LogP contribution >= 0.6 is 0 Å². The number of carbonyl (C=O) groups excluding carboxylic acids is 1. The fourth-order valence-corrected chi connectivity index (χ4v) is 2.52. The minimum Gasteiger partial charge on any atom is -0.479 e. The van der Waals surface area contributed by atoms with Crippen molar-refractivity contribution in [2.45, 2.75) is 38.6 Å². The van der Waals surface area contributed by atoms with Gasteiger partial charge < -0.3 is 14.5 Å². The molecule has 0 bridgehead atoms. The van der Waals surface area contributed by atoms with Gasteiger partial charge in [0.2, 0.25) is 0 Å². The molecule has 1 aliphatic heterocycles. The Kier molecular flexibility index (Phi) is 3.11. The Hall–Kier alpha value is -1.85. The molecule has 2 rings (SSSR count). The highest BCUT2D eigenvalue weighted by Gasteiger charge is 2.49. The summed E-state index contributed by atoms with van der Waals surface area (Å²) in [5.74, 6) is -0.778. The van der Waals surface area contributed by atoms with E-state index in [9.17, 15) is 14.7 Å². The van der Waals surface area contributed by atoms with Crippen LogP contribution < -0.4 is 0 Å². The first kappa shape index (κ1) is 12.6. The maximum absolute atomic E-state index is 12.3. The quantitative estimate of drug-likeness (QED) is 0.880. The zero-order valence-corrected chi connectivity index (χ0v) is 10.5. The Morgan fingerprint density at radius 1 is 1.61 bits per heavy atom. The number of carbonyl (C=O) groups is 2. The number of rotatable bonds is 3. The van der Waals surface area contributed by atoms with E-state index in [4.69, 9.17) is 4.52 Å². The van der Waals surface area contributed by atoms with Gasteiger partial charge in [0.05, 0.1) is 0 Å². The maximum Gasteiger partial charge on any atom is 0.329 e. The van der Waals surface area contributed by atoms with Gasteiger partial charge in [-0.1, -0.05) is 12.1 Å². The van der Waals surface area contributed by atoms with Gasteiger partial charge in [0.25, 0.3) is 5.91 Å². The molecule has 1 saturated heterocycles. The average molecular weight is 252 g/mol. The highest BCUT2D eigenvalue weighted by Crippen LogP contribution is 2.33. The van der Waals surface area contributed by atoms with E-state index < -0.39 is 11.5 Å². The zero-order chi connectivity index (χ0) is 13.3. The van der Waals surface area contributed by atoms with Crippen molar-refractivity contribution >= 4 is 11.9 Å². The zero-order valence-electron chi connectivity index (χ0n) is 10.5. The second-order valence-electron chi connectivity index (χ2n) is 4.57. The number of amides is 1.